The van der Waals surface area contributed by atoms with E-state index < -0.39 is 0 Å². The predicted molar refractivity (Wildman–Crippen MR) is 78.5 cm³/mol. The Hall–Kier alpha value is -0.920. The Morgan fingerprint density at radius 1 is 1.47 bits per heavy atom. The fourth-order valence-corrected chi connectivity index (χ4v) is 3.36. The van der Waals surface area contributed by atoms with E-state index in [4.69, 9.17) is 0 Å². The first kappa shape index (κ1) is 14.5. The maximum atomic E-state index is 4.50. The molecular formula is C12H19N5S2. The molecule has 0 aliphatic rings. The second kappa shape index (κ2) is 6.49. The lowest BCUT2D eigenvalue weighted by Crippen LogP contribution is -2.19. The summed E-state index contributed by atoms with van der Waals surface area (Å²) in [5.41, 5.74) is 2.33. The van der Waals surface area contributed by atoms with Crippen LogP contribution in [-0.2, 0) is 13.6 Å². The molecule has 0 unspecified atom stereocenters. The van der Waals surface area contributed by atoms with Crippen LogP contribution >= 0.6 is 23.3 Å². The largest absolute Gasteiger partial charge is 0.312 e. The van der Waals surface area contributed by atoms with Gasteiger partial charge in [0.1, 0.15) is 11.4 Å². The van der Waals surface area contributed by atoms with Crippen LogP contribution in [0, 0.1) is 12.8 Å². The molecule has 19 heavy (non-hydrogen) atoms. The number of nitrogens with zero attached hydrogens (tertiary/aromatic N) is 4. The third-order valence-corrected chi connectivity index (χ3v) is 4.59. The number of aryl methyl sites for hydroxylation is 2. The Kier molecular flexibility index (Phi) is 4.95. The third-order valence-electron chi connectivity index (χ3n) is 2.67. The molecule has 2 aromatic rings. The van der Waals surface area contributed by atoms with Crippen LogP contribution in [0.2, 0.25) is 0 Å². The normalized spacial score (nSPS) is 11.4. The van der Waals surface area contributed by atoms with Crippen LogP contribution in [-0.4, -0.2) is 25.7 Å². The maximum Gasteiger partial charge on any atom is 0.175 e. The molecule has 0 spiro atoms. The predicted octanol–water partition coefficient (Wildman–Crippen LogP) is 2.48. The summed E-state index contributed by atoms with van der Waals surface area (Å²) in [6.07, 6.45) is 1.59. The fraction of sp³-hybridized carbons (Fsp3) is 0.583. The molecule has 0 bridgehead atoms. The highest BCUT2D eigenvalue weighted by molar-refractivity contribution is 8.00. The van der Waals surface area contributed by atoms with Gasteiger partial charge < -0.3 is 5.32 Å². The van der Waals surface area contributed by atoms with Gasteiger partial charge in [0.2, 0.25) is 0 Å². The van der Waals surface area contributed by atoms with Gasteiger partial charge in [-0.1, -0.05) is 13.8 Å². The van der Waals surface area contributed by atoms with Gasteiger partial charge in [0, 0.05) is 19.2 Å². The monoisotopic (exact) mass is 297 g/mol. The second-order valence-corrected chi connectivity index (χ2v) is 6.84. The van der Waals surface area contributed by atoms with Crippen molar-refractivity contribution in [2.45, 2.75) is 36.7 Å². The zero-order chi connectivity index (χ0) is 13.8. The van der Waals surface area contributed by atoms with Gasteiger partial charge >= 0.3 is 0 Å². The van der Waals surface area contributed by atoms with Gasteiger partial charge in [-0.15, -0.1) is 0 Å². The average Bonchev–Trinajstić information content (AvgIpc) is 2.92. The van der Waals surface area contributed by atoms with Crippen molar-refractivity contribution in [3.63, 3.8) is 0 Å². The quantitative estimate of drug-likeness (QED) is 0.887. The molecule has 104 valence electrons. The number of hydrogen-bond acceptors (Lipinski definition) is 6. The Morgan fingerprint density at radius 2 is 2.26 bits per heavy atom. The minimum absolute atomic E-state index is 0.649. The highest BCUT2D eigenvalue weighted by Gasteiger charge is 2.15. The Balaban J connectivity index is 2.12. The number of hydrogen-bond donors (Lipinski definition) is 1. The van der Waals surface area contributed by atoms with E-state index in [2.05, 4.69) is 40.5 Å². The lowest BCUT2D eigenvalue weighted by atomic mass is 10.2. The van der Waals surface area contributed by atoms with E-state index in [1.54, 1.807) is 18.1 Å². The first-order valence-electron chi connectivity index (χ1n) is 6.25. The van der Waals surface area contributed by atoms with Crippen LogP contribution in [0.25, 0.3) is 0 Å². The summed E-state index contributed by atoms with van der Waals surface area (Å²) < 4.78 is 6.91. The molecule has 2 heterocycles. The highest BCUT2D eigenvalue weighted by Crippen LogP contribution is 2.31. The van der Waals surface area contributed by atoms with Crippen LogP contribution in [0.4, 0.5) is 0 Å². The van der Waals surface area contributed by atoms with E-state index in [1.807, 2.05) is 11.7 Å². The molecule has 7 heteroatoms. The van der Waals surface area contributed by atoms with E-state index in [1.165, 1.54) is 17.1 Å². The van der Waals surface area contributed by atoms with Gasteiger partial charge in [-0.25, -0.2) is 4.98 Å². The number of rotatable bonds is 6. The molecule has 5 nitrogen and oxygen atoms in total. The first-order valence-corrected chi connectivity index (χ1v) is 7.84. The molecule has 2 aromatic heterocycles. The molecule has 0 saturated carbocycles. The molecule has 1 N–H and O–H groups in total. The van der Waals surface area contributed by atoms with Crippen molar-refractivity contribution in [2.24, 2.45) is 13.0 Å². The molecule has 0 fully saturated rings. The molecule has 2 rings (SSSR count). The lowest BCUT2D eigenvalue weighted by molar-refractivity contribution is 0.548. The Bertz CT molecular complexity index is 518. The van der Waals surface area contributed by atoms with E-state index >= 15 is 0 Å². The van der Waals surface area contributed by atoms with E-state index in [9.17, 15) is 0 Å². The standard InChI is InChI=1S/C12H19N5S2/c1-8(2)5-13-6-10-9(3)16-17(4)11(10)18-12-14-7-15-19-12/h7-8,13H,5-6H2,1-4H3. The van der Waals surface area contributed by atoms with Crippen molar-refractivity contribution in [3.05, 3.63) is 17.6 Å². The van der Waals surface area contributed by atoms with E-state index in [0.29, 0.717) is 5.92 Å². The van der Waals surface area contributed by atoms with Crippen molar-refractivity contribution >= 4 is 23.3 Å². The van der Waals surface area contributed by atoms with Crippen LogP contribution in [0.3, 0.4) is 0 Å². The summed E-state index contributed by atoms with van der Waals surface area (Å²) >= 11 is 3.05. The second-order valence-electron chi connectivity index (χ2n) is 4.83. The minimum Gasteiger partial charge on any atom is -0.312 e. The molecule has 0 aliphatic carbocycles. The van der Waals surface area contributed by atoms with Gasteiger partial charge in [-0.05, 0) is 42.7 Å². The van der Waals surface area contributed by atoms with Gasteiger partial charge in [-0.2, -0.15) is 9.47 Å². The third kappa shape index (κ3) is 3.77. The van der Waals surface area contributed by atoms with Crippen LogP contribution < -0.4 is 5.32 Å². The summed E-state index contributed by atoms with van der Waals surface area (Å²) in [6, 6.07) is 0. The molecule has 0 aliphatic heterocycles. The summed E-state index contributed by atoms with van der Waals surface area (Å²) in [7, 11) is 1.97. The maximum absolute atomic E-state index is 4.50. The Morgan fingerprint density at radius 3 is 2.89 bits per heavy atom. The lowest BCUT2D eigenvalue weighted by Gasteiger charge is -2.08. The summed E-state index contributed by atoms with van der Waals surface area (Å²) in [4.78, 5) is 4.22. The smallest absolute Gasteiger partial charge is 0.175 e. The molecule has 0 atom stereocenters. The SMILES string of the molecule is Cc1nn(C)c(Sc2ncns2)c1CNCC(C)C. The van der Waals surface area contributed by atoms with Crippen LogP contribution in [0.15, 0.2) is 15.7 Å². The molecule has 0 saturated heterocycles. The van der Waals surface area contributed by atoms with Gasteiger partial charge in [0.15, 0.2) is 4.34 Å². The van der Waals surface area contributed by atoms with Crippen molar-refractivity contribution in [2.75, 3.05) is 6.54 Å². The number of aromatic nitrogens is 4. The van der Waals surface area contributed by atoms with Crippen LogP contribution in [0.1, 0.15) is 25.1 Å². The first-order chi connectivity index (χ1) is 9.08. The Labute approximate surface area is 122 Å². The summed E-state index contributed by atoms with van der Waals surface area (Å²) in [5.74, 6) is 0.649. The van der Waals surface area contributed by atoms with Crippen molar-refractivity contribution in [1.29, 1.82) is 0 Å². The van der Waals surface area contributed by atoms with Crippen molar-refractivity contribution in [3.8, 4) is 0 Å². The fourth-order valence-electron chi connectivity index (χ4n) is 1.79. The molecule has 0 amide bonds. The van der Waals surface area contributed by atoms with E-state index in [0.717, 1.165) is 28.1 Å². The van der Waals surface area contributed by atoms with Crippen molar-refractivity contribution < 1.29 is 0 Å². The van der Waals surface area contributed by atoms with Gasteiger partial charge in [-0.3, -0.25) is 4.68 Å². The van der Waals surface area contributed by atoms with Gasteiger partial charge in [0.25, 0.3) is 0 Å². The molecule has 0 aromatic carbocycles. The van der Waals surface area contributed by atoms with Crippen LogP contribution in [0.5, 0.6) is 0 Å². The minimum atomic E-state index is 0.649. The molecular weight excluding hydrogens is 278 g/mol. The summed E-state index contributed by atoms with van der Waals surface area (Å²) in [6.45, 7) is 8.33. The zero-order valence-corrected chi connectivity index (χ0v) is 13.3. The summed E-state index contributed by atoms with van der Waals surface area (Å²) in [5, 5.41) is 9.12. The van der Waals surface area contributed by atoms with Crippen molar-refractivity contribution in [1.82, 2.24) is 24.5 Å². The molecule has 0 radical (unpaired) electrons. The highest BCUT2D eigenvalue weighted by atomic mass is 32.2. The van der Waals surface area contributed by atoms with E-state index in [-0.39, 0.29) is 0 Å². The number of nitrogens with one attached hydrogen (secondary N) is 1. The van der Waals surface area contributed by atoms with Gasteiger partial charge in [0.05, 0.1) is 5.69 Å². The zero-order valence-electron chi connectivity index (χ0n) is 11.7. The average molecular weight is 297 g/mol. The topological polar surface area (TPSA) is 55.6 Å².